The fraction of sp³-hybridized carbons (Fsp3) is 0.571. The topological polar surface area (TPSA) is 58.2 Å². The number of benzene rings is 1. The Hall–Kier alpha value is -0.430. The first-order valence-electron chi connectivity index (χ1n) is 6.91. The third-order valence-corrected chi connectivity index (χ3v) is 5.67. The summed E-state index contributed by atoms with van der Waals surface area (Å²) >= 11 is 3.38. The van der Waals surface area contributed by atoms with Crippen molar-refractivity contribution in [1.82, 2.24) is 10.0 Å². The molecule has 6 heteroatoms. The zero-order valence-corrected chi connectivity index (χ0v) is 14.7. The Morgan fingerprint density at radius 1 is 1.15 bits per heavy atom. The highest BCUT2D eigenvalue weighted by atomic mass is 79.9. The fourth-order valence-electron chi connectivity index (χ4n) is 1.83. The molecule has 20 heavy (non-hydrogen) atoms. The lowest BCUT2D eigenvalue weighted by atomic mass is 10.1. The molecule has 0 aliphatic carbocycles. The minimum Gasteiger partial charge on any atom is -0.313 e. The number of sulfonamides is 1. The molecule has 0 radical (unpaired) electrons. The van der Waals surface area contributed by atoms with Gasteiger partial charge in [0.25, 0.3) is 0 Å². The van der Waals surface area contributed by atoms with Crippen LogP contribution >= 0.6 is 15.9 Å². The molecule has 0 fully saturated rings. The smallest absolute Gasteiger partial charge is 0.241 e. The van der Waals surface area contributed by atoms with Crippen molar-refractivity contribution in [3.63, 3.8) is 0 Å². The van der Waals surface area contributed by atoms with Crippen molar-refractivity contribution in [2.75, 3.05) is 13.1 Å². The van der Waals surface area contributed by atoms with E-state index < -0.39 is 10.0 Å². The lowest BCUT2D eigenvalue weighted by molar-refractivity contribution is 0.579. The molecule has 0 heterocycles. The van der Waals surface area contributed by atoms with Gasteiger partial charge < -0.3 is 5.32 Å². The van der Waals surface area contributed by atoms with Crippen LogP contribution in [0.1, 0.15) is 37.8 Å². The summed E-state index contributed by atoms with van der Waals surface area (Å²) in [6, 6.07) is 3.74. The molecule has 0 amide bonds. The summed E-state index contributed by atoms with van der Waals surface area (Å²) in [4.78, 5) is 0.319. The molecule has 1 aromatic carbocycles. The number of hydrogen-bond acceptors (Lipinski definition) is 3. The van der Waals surface area contributed by atoms with Gasteiger partial charge in [-0.1, -0.05) is 19.9 Å². The first-order valence-corrected chi connectivity index (χ1v) is 9.19. The molecule has 0 saturated carbocycles. The molecule has 0 bridgehead atoms. The lowest BCUT2D eigenvalue weighted by Gasteiger charge is -2.13. The molecule has 1 aromatic rings. The van der Waals surface area contributed by atoms with Crippen molar-refractivity contribution in [1.29, 1.82) is 0 Å². The van der Waals surface area contributed by atoms with E-state index in [9.17, 15) is 8.42 Å². The van der Waals surface area contributed by atoms with Gasteiger partial charge in [-0.3, -0.25) is 0 Å². The maximum atomic E-state index is 12.3. The van der Waals surface area contributed by atoms with E-state index >= 15 is 0 Å². The van der Waals surface area contributed by atoms with Crippen LogP contribution in [0.15, 0.2) is 21.5 Å². The Bertz CT molecular complexity index is 544. The summed E-state index contributed by atoms with van der Waals surface area (Å²) in [5, 5.41) is 3.29. The van der Waals surface area contributed by atoms with Crippen molar-refractivity contribution >= 4 is 26.0 Å². The van der Waals surface area contributed by atoms with E-state index in [0.717, 1.165) is 30.5 Å². The highest BCUT2D eigenvalue weighted by Gasteiger charge is 2.19. The number of aryl methyl sites for hydroxylation is 1. The number of halogens is 1. The highest BCUT2D eigenvalue weighted by molar-refractivity contribution is 9.10. The third-order valence-electron chi connectivity index (χ3n) is 2.87. The van der Waals surface area contributed by atoms with Crippen LogP contribution < -0.4 is 10.0 Å². The first-order chi connectivity index (χ1) is 9.42. The average Bonchev–Trinajstić information content (AvgIpc) is 2.40. The standard InChI is InChI=1S/C14H23BrN2O2S/c1-4-6-16-10-12-8-11(3)14(15)13(9-12)20(18,19)17-7-5-2/h8-9,16-17H,4-7,10H2,1-3H3. The predicted molar refractivity (Wildman–Crippen MR) is 86.4 cm³/mol. The molecule has 0 aliphatic rings. The molecule has 0 unspecified atom stereocenters. The molecule has 4 nitrogen and oxygen atoms in total. The van der Waals surface area contributed by atoms with Gasteiger partial charge in [-0.25, -0.2) is 13.1 Å². The highest BCUT2D eigenvalue weighted by Crippen LogP contribution is 2.27. The van der Waals surface area contributed by atoms with Gasteiger partial charge in [0, 0.05) is 17.6 Å². The second-order valence-corrected chi connectivity index (χ2v) is 7.33. The van der Waals surface area contributed by atoms with Gasteiger partial charge in [-0.05, 0) is 59.4 Å². The summed E-state index contributed by atoms with van der Waals surface area (Å²) in [6.07, 6.45) is 1.83. The SMILES string of the molecule is CCCNCc1cc(C)c(Br)c(S(=O)(=O)NCCC)c1. The van der Waals surface area contributed by atoms with Crippen LogP contribution in [0.4, 0.5) is 0 Å². The number of hydrogen-bond donors (Lipinski definition) is 2. The molecule has 114 valence electrons. The minimum absolute atomic E-state index is 0.319. The second kappa shape index (κ2) is 8.12. The van der Waals surface area contributed by atoms with E-state index in [1.54, 1.807) is 6.07 Å². The Morgan fingerprint density at radius 2 is 1.80 bits per heavy atom. The zero-order valence-electron chi connectivity index (χ0n) is 12.3. The summed E-state index contributed by atoms with van der Waals surface area (Å²) < 4.78 is 27.8. The molecular weight excluding hydrogens is 340 g/mol. The molecule has 0 aliphatic heterocycles. The normalized spacial score (nSPS) is 11.8. The fourth-order valence-corrected chi connectivity index (χ4v) is 4.03. The van der Waals surface area contributed by atoms with Crippen LogP contribution in [0.3, 0.4) is 0 Å². The second-order valence-electron chi connectivity index (χ2n) is 4.80. The van der Waals surface area contributed by atoms with Gasteiger partial charge in [0.2, 0.25) is 10.0 Å². The van der Waals surface area contributed by atoms with Gasteiger partial charge in [-0.2, -0.15) is 0 Å². The largest absolute Gasteiger partial charge is 0.313 e. The Balaban J connectivity index is 3.05. The van der Waals surface area contributed by atoms with E-state index in [4.69, 9.17) is 0 Å². The van der Waals surface area contributed by atoms with Crippen LogP contribution in [-0.2, 0) is 16.6 Å². The van der Waals surface area contributed by atoms with E-state index in [1.807, 2.05) is 19.9 Å². The Kier molecular flexibility index (Phi) is 7.15. The number of nitrogens with one attached hydrogen (secondary N) is 2. The van der Waals surface area contributed by atoms with Crippen molar-refractivity contribution in [3.8, 4) is 0 Å². The molecular formula is C14H23BrN2O2S. The predicted octanol–water partition coefficient (Wildman–Crippen LogP) is 2.95. The van der Waals surface area contributed by atoms with E-state index in [-0.39, 0.29) is 0 Å². The van der Waals surface area contributed by atoms with Gasteiger partial charge in [0.05, 0.1) is 4.90 Å². The van der Waals surface area contributed by atoms with Gasteiger partial charge in [0.15, 0.2) is 0 Å². The summed E-state index contributed by atoms with van der Waals surface area (Å²) in [5.41, 5.74) is 1.91. The van der Waals surface area contributed by atoms with Crippen molar-refractivity contribution in [2.24, 2.45) is 0 Å². The molecule has 2 N–H and O–H groups in total. The van der Waals surface area contributed by atoms with Gasteiger partial charge in [0.1, 0.15) is 0 Å². The molecule has 0 spiro atoms. The minimum atomic E-state index is -3.45. The number of rotatable bonds is 8. The molecule has 1 rings (SSSR count). The van der Waals surface area contributed by atoms with E-state index in [0.29, 0.717) is 22.5 Å². The van der Waals surface area contributed by atoms with Gasteiger partial charge in [-0.15, -0.1) is 0 Å². The first kappa shape index (κ1) is 17.6. The van der Waals surface area contributed by atoms with Gasteiger partial charge >= 0.3 is 0 Å². The molecule has 0 saturated heterocycles. The molecule has 0 aromatic heterocycles. The third kappa shape index (κ3) is 4.84. The quantitative estimate of drug-likeness (QED) is 0.699. The maximum absolute atomic E-state index is 12.3. The van der Waals surface area contributed by atoms with E-state index in [2.05, 4.69) is 32.9 Å². The maximum Gasteiger partial charge on any atom is 0.241 e. The van der Waals surface area contributed by atoms with Crippen LogP contribution in [0.5, 0.6) is 0 Å². The summed E-state index contributed by atoms with van der Waals surface area (Å²) in [7, 11) is -3.45. The molecule has 0 atom stereocenters. The summed E-state index contributed by atoms with van der Waals surface area (Å²) in [6.45, 7) is 8.00. The van der Waals surface area contributed by atoms with Crippen molar-refractivity contribution < 1.29 is 8.42 Å². The van der Waals surface area contributed by atoms with E-state index in [1.165, 1.54) is 0 Å². The van der Waals surface area contributed by atoms with Crippen molar-refractivity contribution in [2.45, 2.75) is 45.1 Å². The van der Waals surface area contributed by atoms with Crippen LogP contribution in [0.2, 0.25) is 0 Å². The Morgan fingerprint density at radius 3 is 2.40 bits per heavy atom. The monoisotopic (exact) mass is 362 g/mol. The lowest BCUT2D eigenvalue weighted by Crippen LogP contribution is -2.25. The van der Waals surface area contributed by atoms with Crippen LogP contribution in [-0.4, -0.2) is 21.5 Å². The van der Waals surface area contributed by atoms with Crippen molar-refractivity contribution in [3.05, 3.63) is 27.7 Å². The van der Waals surface area contributed by atoms with Crippen LogP contribution in [0.25, 0.3) is 0 Å². The van der Waals surface area contributed by atoms with Crippen LogP contribution in [0, 0.1) is 6.92 Å². The average molecular weight is 363 g/mol. The zero-order chi connectivity index (χ0) is 15.2. The Labute approximate surface area is 130 Å². The summed E-state index contributed by atoms with van der Waals surface area (Å²) in [5.74, 6) is 0.